The minimum atomic E-state index is -2.01. The molecule has 8 unspecified atom stereocenters. The van der Waals surface area contributed by atoms with Crippen molar-refractivity contribution in [2.45, 2.75) is 74.8 Å². The molecule has 0 amide bonds. The van der Waals surface area contributed by atoms with Crippen LogP contribution in [0.4, 0.5) is 0 Å². The van der Waals surface area contributed by atoms with Gasteiger partial charge in [0.15, 0.2) is 52.1 Å². The number of carbonyl (C=O) groups is 2. The van der Waals surface area contributed by atoms with Crippen molar-refractivity contribution < 1.29 is 110 Å². The highest BCUT2D eigenvalue weighted by Crippen LogP contribution is 2.53. The minimum Gasteiger partial charge on any atom is -0.508 e. The van der Waals surface area contributed by atoms with Crippen molar-refractivity contribution in [1.82, 2.24) is 0 Å². The Morgan fingerprint density at radius 1 is 0.561 bits per heavy atom. The van der Waals surface area contributed by atoms with Crippen molar-refractivity contribution in [1.29, 1.82) is 0 Å². The van der Waals surface area contributed by atoms with Crippen molar-refractivity contribution in [2.24, 2.45) is 0 Å². The zero-order chi connectivity index (χ0) is 48.2. The molecule has 0 fully saturated rings. The highest BCUT2D eigenvalue weighted by Gasteiger charge is 2.47. The molecule has 0 aliphatic carbocycles. The first kappa shape index (κ1) is 45.9. The lowest BCUT2D eigenvalue weighted by molar-refractivity contribution is -0.0705. The topological polar surface area (TPSA) is 395 Å². The van der Waals surface area contributed by atoms with E-state index in [-0.39, 0.29) is 22.6 Å². The van der Waals surface area contributed by atoms with Gasteiger partial charge >= 0.3 is 11.9 Å². The standard InChI is InChI=1S/C44H42O22/c1-14(45)36(56)29(54)10-21(41-33(12-19-23(48)6-17(46)8-31(19)63-41)65-43(61)15-2-25(50)37(57)26(51)3-15)35-22(11-30(55)39(59)40(35)60)42-34(13-20-24(49)7-18(47)9-32(20)64-42)66-44(62)16-4-27(52)38(58)28(53)5-16/h2-9,11,14,21,29,33-34,36,41-42,45-60H,10,12-13H2,1H3. The summed E-state index contributed by atoms with van der Waals surface area (Å²) in [7, 11) is 0. The number of phenolic OH excluding ortho intramolecular Hbond substituents is 13. The Balaban J connectivity index is 1.44. The number of hydrogen-bond donors (Lipinski definition) is 16. The van der Waals surface area contributed by atoms with Gasteiger partial charge in [0.2, 0.25) is 5.75 Å². The molecule has 0 radical (unpaired) electrons. The molecule has 7 rings (SSSR count). The molecule has 0 spiro atoms. The summed E-state index contributed by atoms with van der Waals surface area (Å²) < 4.78 is 24.2. The number of benzene rings is 5. The quantitative estimate of drug-likeness (QED) is 0.0668. The Labute approximate surface area is 370 Å². The molecule has 5 aromatic carbocycles. The van der Waals surface area contributed by atoms with E-state index in [1.54, 1.807) is 0 Å². The first-order chi connectivity index (χ1) is 31.0. The third-order valence-corrected chi connectivity index (χ3v) is 11.3. The lowest BCUT2D eigenvalue weighted by Gasteiger charge is -2.41. The van der Waals surface area contributed by atoms with Gasteiger partial charge in [-0.3, -0.25) is 0 Å². The highest BCUT2D eigenvalue weighted by molar-refractivity contribution is 5.92. The smallest absolute Gasteiger partial charge is 0.338 e. The summed E-state index contributed by atoms with van der Waals surface area (Å²) in [4.78, 5) is 27.5. The lowest BCUT2D eigenvalue weighted by Crippen LogP contribution is -2.47. The fourth-order valence-corrected chi connectivity index (χ4v) is 8.03. The second-order valence-electron chi connectivity index (χ2n) is 15.8. The number of rotatable bonds is 11. The molecule has 22 heteroatoms. The van der Waals surface area contributed by atoms with Crippen LogP contribution < -0.4 is 9.47 Å². The van der Waals surface area contributed by atoms with E-state index < -0.39 is 177 Å². The van der Waals surface area contributed by atoms with Gasteiger partial charge < -0.3 is 101 Å². The Hall–Kier alpha value is -8.08. The number of aliphatic hydroxyl groups excluding tert-OH is 3. The van der Waals surface area contributed by atoms with Crippen LogP contribution in [0, 0.1) is 0 Å². The van der Waals surface area contributed by atoms with Crippen LogP contribution in [0.25, 0.3) is 0 Å². The molecule has 8 atom stereocenters. The molecule has 350 valence electrons. The number of carbonyl (C=O) groups excluding carboxylic acids is 2. The molecule has 66 heavy (non-hydrogen) atoms. The van der Waals surface area contributed by atoms with Gasteiger partial charge in [-0.05, 0) is 43.7 Å². The van der Waals surface area contributed by atoms with Crippen molar-refractivity contribution in [2.75, 3.05) is 0 Å². The van der Waals surface area contributed by atoms with Crippen LogP contribution in [0.2, 0.25) is 0 Å². The first-order valence-corrected chi connectivity index (χ1v) is 19.7. The van der Waals surface area contributed by atoms with E-state index in [1.165, 1.54) is 0 Å². The lowest BCUT2D eigenvalue weighted by atomic mass is 9.77. The van der Waals surface area contributed by atoms with Crippen LogP contribution in [0.5, 0.6) is 86.2 Å². The molecule has 2 heterocycles. The number of aromatic hydroxyl groups is 13. The summed E-state index contributed by atoms with van der Waals surface area (Å²) in [5.41, 5.74) is -2.22. The van der Waals surface area contributed by atoms with Crippen molar-refractivity contribution in [3.8, 4) is 86.2 Å². The maximum Gasteiger partial charge on any atom is 0.338 e. The van der Waals surface area contributed by atoms with Crippen molar-refractivity contribution >= 4 is 11.9 Å². The number of esters is 2. The van der Waals surface area contributed by atoms with Crippen LogP contribution in [0.15, 0.2) is 54.6 Å². The Morgan fingerprint density at radius 3 is 1.48 bits per heavy atom. The number of aliphatic hydroxyl groups is 3. The van der Waals surface area contributed by atoms with E-state index in [1.807, 2.05) is 0 Å². The number of hydrogen-bond acceptors (Lipinski definition) is 22. The Bertz CT molecular complexity index is 2690. The van der Waals surface area contributed by atoms with Gasteiger partial charge in [0.1, 0.15) is 58.9 Å². The van der Waals surface area contributed by atoms with Crippen LogP contribution in [0.3, 0.4) is 0 Å². The molecular weight excluding hydrogens is 880 g/mol. The van der Waals surface area contributed by atoms with E-state index in [4.69, 9.17) is 18.9 Å². The average molecular weight is 923 g/mol. The second kappa shape index (κ2) is 17.5. The van der Waals surface area contributed by atoms with Gasteiger partial charge in [0.25, 0.3) is 0 Å². The summed E-state index contributed by atoms with van der Waals surface area (Å²) in [6, 6.07) is 7.72. The van der Waals surface area contributed by atoms with E-state index in [0.29, 0.717) is 0 Å². The first-order valence-electron chi connectivity index (χ1n) is 19.7. The largest absolute Gasteiger partial charge is 0.508 e. The molecule has 5 aromatic rings. The summed E-state index contributed by atoms with van der Waals surface area (Å²) in [5.74, 6) is -16.3. The second-order valence-corrected chi connectivity index (χ2v) is 15.8. The van der Waals surface area contributed by atoms with E-state index >= 15 is 0 Å². The maximum absolute atomic E-state index is 13.8. The van der Waals surface area contributed by atoms with Crippen LogP contribution >= 0.6 is 0 Å². The van der Waals surface area contributed by atoms with Gasteiger partial charge in [-0.25, -0.2) is 9.59 Å². The number of fused-ring (bicyclic) bond motifs is 2. The number of ether oxygens (including phenoxy) is 4. The minimum absolute atomic E-state index is 0.0656. The monoisotopic (exact) mass is 922 g/mol. The van der Waals surface area contributed by atoms with E-state index in [9.17, 15) is 91.3 Å². The average Bonchev–Trinajstić information content (AvgIpc) is 3.25. The zero-order valence-electron chi connectivity index (χ0n) is 34.0. The maximum atomic E-state index is 13.8. The molecule has 0 saturated carbocycles. The van der Waals surface area contributed by atoms with E-state index in [2.05, 4.69) is 0 Å². The third kappa shape index (κ3) is 8.62. The fourth-order valence-electron chi connectivity index (χ4n) is 8.03. The molecule has 2 aliphatic rings. The number of phenols is 13. The van der Waals surface area contributed by atoms with Gasteiger partial charge in [0, 0.05) is 65.3 Å². The van der Waals surface area contributed by atoms with E-state index in [0.717, 1.165) is 61.5 Å². The van der Waals surface area contributed by atoms with Crippen LogP contribution in [-0.2, 0) is 22.3 Å². The summed E-state index contributed by atoms with van der Waals surface area (Å²) in [5, 5.41) is 170. The molecule has 22 nitrogen and oxygen atoms in total. The van der Waals surface area contributed by atoms with Gasteiger partial charge in [-0.2, -0.15) is 0 Å². The predicted molar refractivity (Wildman–Crippen MR) is 219 cm³/mol. The molecule has 2 aliphatic heterocycles. The zero-order valence-corrected chi connectivity index (χ0v) is 34.0. The summed E-state index contributed by atoms with van der Waals surface area (Å²) >= 11 is 0. The Kier molecular flexibility index (Phi) is 12.2. The molecule has 0 aromatic heterocycles. The third-order valence-electron chi connectivity index (χ3n) is 11.3. The molecule has 0 saturated heterocycles. The van der Waals surface area contributed by atoms with Gasteiger partial charge in [-0.1, -0.05) is 0 Å². The molecular formula is C44H42O22. The molecule has 0 bridgehead atoms. The highest BCUT2D eigenvalue weighted by atomic mass is 16.6. The van der Waals surface area contributed by atoms with Crippen molar-refractivity contribution in [3.63, 3.8) is 0 Å². The van der Waals surface area contributed by atoms with Gasteiger partial charge in [-0.15, -0.1) is 0 Å². The van der Waals surface area contributed by atoms with Crippen molar-refractivity contribution in [3.05, 3.63) is 88.0 Å². The van der Waals surface area contributed by atoms with Crippen LogP contribution in [0.1, 0.15) is 68.3 Å². The fraction of sp³-hybridized carbons (Fsp3) is 0.273. The van der Waals surface area contributed by atoms with Crippen LogP contribution in [-0.4, -0.2) is 130 Å². The normalized spacial score (nSPS) is 19.5. The predicted octanol–water partition coefficient (Wildman–Crippen LogP) is 2.57. The Morgan fingerprint density at radius 2 is 1.00 bits per heavy atom. The summed E-state index contributed by atoms with van der Waals surface area (Å²) in [6.07, 6.45) is -14.5. The molecule has 16 N–H and O–H groups in total. The van der Waals surface area contributed by atoms with Gasteiger partial charge in [0.05, 0.1) is 23.3 Å². The summed E-state index contributed by atoms with van der Waals surface area (Å²) in [6.45, 7) is 1.12. The SMILES string of the molecule is CC(O)C(O)C(O)CC(c1c(C2Oc3cc(O)cc(O)c3CC2OC(=O)c2cc(O)c(O)c(O)c2)cc(O)c(O)c1O)C1Oc2cc(O)cc(O)c2CC1OC(=O)c1cc(O)c(O)c(O)c1.